The lowest BCUT2D eigenvalue weighted by molar-refractivity contribution is -0.113. The molecule has 4 rings (SSSR count). The summed E-state index contributed by atoms with van der Waals surface area (Å²) in [7, 11) is 0. The average molecular weight is 457 g/mol. The minimum absolute atomic E-state index is 0.168. The predicted molar refractivity (Wildman–Crippen MR) is 121 cm³/mol. The van der Waals surface area contributed by atoms with Crippen molar-refractivity contribution in [2.24, 2.45) is 0 Å². The van der Waals surface area contributed by atoms with Crippen LogP contribution in [0.25, 0.3) is 16.9 Å². The Morgan fingerprint density at radius 1 is 1.17 bits per heavy atom. The maximum Gasteiger partial charge on any atom is 0.236 e. The molecule has 0 aliphatic rings. The number of benzene rings is 2. The zero-order valence-corrected chi connectivity index (χ0v) is 18.6. The van der Waals surface area contributed by atoms with Gasteiger partial charge >= 0.3 is 0 Å². The summed E-state index contributed by atoms with van der Waals surface area (Å²) in [4.78, 5) is 16.9. The van der Waals surface area contributed by atoms with E-state index in [4.69, 9.17) is 11.6 Å². The van der Waals surface area contributed by atoms with Gasteiger partial charge in [0.2, 0.25) is 11.1 Å². The molecule has 1 amide bonds. The monoisotopic (exact) mass is 456 g/mol. The Balaban J connectivity index is 1.39. The van der Waals surface area contributed by atoms with Crippen molar-refractivity contribution >= 4 is 45.7 Å². The summed E-state index contributed by atoms with van der Waals surface area (Å²) in [5.41, 5.74) is 4.94. The predicted octanol–water partition coefficient (Wildman–Crippen LogP) is 4.79. The largest absolute Gasteiger partial charge is 0.301 e. The maximum absolute atomic E-state index is 12.4. The van der Waals surface area contributed by atoms with Gasteiger partial charge in [-0.3, -0.25) is 4.79 Å². The van der Waals surface area contributed by atoms with E-state index in [-0.39, 0.29) is 11.7 Å². The van der Waals surface area contributed by atoms with Crippen molar-refractivity contribution in [2.75, 3.05) is 11.1 Å². The molecule has 0 saturated heterocycles. The summed E-state index contributed by atoms with van der Waals surface area (Å²) in [6.45, 7) is 4.09. The van der Waals surface area contributed by atoms with Crippen molar-refractivity contribution in [3.63, 3.8) is 0 Å². The molecule has 2 heterocycles. The zero-order chi connectivity index (χ0) is 21.1. The number of nitrogens with zero attached hydrogens (tertiary/aromatic N) is 5. The number of thiazole rings is 1. The van der Waals surface area contributed by atoms with Crippen LogP contribution in [-0.2, 0) is 4.79 Å². The lowest BCUT2D eigenvalue weighted by atomic mass is 10.1. The summed E-state index contributed by atoms with van der Waals surface area (Å²) in [5, 5.41) is 18.3. The number of aromatic nitrogens is 5. The quantitative estimate of drug-likeness (QED) is 0.420. The van der Waals surface area contributed by atoms with Gasteiger partial charge in [-0.1, -0.05) is 41.6 Å². The number of halogens is 1. The molecule has 0 spiro atoms. The minimum atomic E-state index is -0.174. The summed E-state index contributed by atoms with van der Waals surface area (Å²) in [6, 6.07) is 13.4. The van der Waals surface area contributed by atoms with E-state index in [1.165, 1.54) is 28.7 Å². The molecule has 30 heavy (non-hydrogen) atoms. The second-order valence-electron chi connectivity index (χ2n) is 6.52. The van der Waals surface area contributed by atoms with Crippen LogP contribution < -0.4 is 5.32 Å². The number of hydrogen-bond acceptors (Lipinski definition) is 7. The molecule has 10 heteroatoms. The number of anilines is 1. The van der Waals surface area contributed by atoms with Gasteiger partial charge in [-0.2, -0.15) is 4.68 Å². The fraction of sp³-hybridized carbons (Fsp3) is 0.150. The lowest BCUT2D eigenvalue weighted by Gasteiger charge is -2.07. The Morgan fingerprint density at radius 3 is 2.73 bits per heavy atom. The van der Waals surface area contributed by atoms with Crippen LogP contribution in [0.1, 0.15) is 11.1 Å². The number of nitrogens with one attached hydrogen (secondary N) is 1. The molecule has 2 aromatic carbocycles. The molecule has 152 valence electrons. The van der Waals surface area contributed by atoms with Gasteiger partial charge in [-0.25, -0.2) is 4.98 Å². The summed E-state index contributed by atoms with van der Waals surface area (Å²) >= 11 is 8.56. The highest BCUT2D eigenvalue weighted by molar-refractivity contribution is 7.99. The minimum Gasteiger partial charge on any atom is -0.301 e. The van der Waals surface area contributed by atoms with Crippen LogP contribution in [-0.4, -0.2) is 36.9 Å². The summed E-state index contributed by atoms with van der Waals surface area (Å²) in [5.74, 6) is -0.00667. The summed E-state index contributed by atoms with van der Waals surface area (Å²) < 4.78 is 1.63. The first kappa shape index (κ1) is 20.5. The molecule has 0 aliphatic carbocycles. The molecule has 7 nitrogen and oxygen atoms in total. The van der Waals surface area contributed by atoms with Crippen molar-refractivity contribution in [1.82, 2.24) is 25.2 Å². The highest BCUT2D eigenvalue weighted by atomic mass is 35.5. The Kier molecular flexibility index (Phi) is 6.12. The van der Waals surface area contributed by atoms with Crippen LogP contribution >= 0.6 is 34.7 Å². The van der Waals surface area contributed by atoms with E-state index in [9.17, 15) is 4.79 Å². The van der Waals surface area contributed by atoms with E-state index in [0.717, 1.165) is 22.5 Å². The zero-order valence-electron chi connectivity index (χ0n) is 16.2. The SMILES string of the molecule is Cc1ccc(-n2nnnc2SCC(=O)Nc2nc(-c3ccc(Cl)cc3)cs2)cc1C. The summed E-state index contributed by atoms with van der Waals surface area (Å²) in [6.07, 6.45) is 0. The normalized spacial score (nSPS) is 10.9. The van der Waals surface area contributed by atoms with E-state index in [2.05, 4.69) is 32.7 Å². The van der Waals surface area contributed by atoms with Gasteiger partial charge in [0.15, 0.2) is 5.13 Å². The van der Waals surface area contributed by atoms with Crippen LogP contribution in [0.2, 0.25) is 5.02 Å². The van der Waals surface area contributed by atoms with Gasteiger partial charge in [-0.15, -0.1) is 16.4 Å². The fourth-order valence-electron chi connectivity index (χ4n) is 2.66. The number of amides is 1. The molecule has 0 bridgehead atoms. The van der Waals surface area contributed by atoms with Crippen molar-refractivity contribution in [2.45, 2.75) is 19.0 Å². The third-order valence-electron chi connectivity index (χ3n) is 4.40. The molecule has 0 radical (unpaired) electrons. The van der Waals surface area contributed by atoms with Crippen molar-refractivity contribution < 1.29 is 4.79 Å². The van der Waals surface area contributed by atoms with Gasteiger partial charge in [0.05, 0.1) is 17.1 Å². The van der Waals surface area contributed by atoms with Crippen molar-refractivity contribution in [3.8, 4) is 16.9 Å². The Labute approximate surface area is 186 Å². The van der Waals surface area contributed by atoms with Gasteiger partial charge in [0.1, 0.15) is 0 Å². The molecule has 2 aromatic heterocycles. The number of tetrazole rings is 1. The molecular weight excluding hydrogens is 440 g/mol. The van der Waals surface area contributed by atoms with E-state index in [1.54, 1.807) is 4.68 Å². The first-order chi connectivity index (χ1) is 14.5. The van der Waals surface area contributed by atoms with E-state index < -0.39 is 0 Å². The molecule has 1 N–H and O–H groups in total. The number of carbonyl (C=O) groups excluding carboxylic acids is 1. The van der Waals surface area contributed by atoms with Crippen LogP contribution in [0.5, 0.6) is 0 Å². The van der Waals surface area contributed by atoms with E-state index in [0.29, 0.717) is 15.3 Å². The number of thioether (sulfide) groups is 1. The molecule has 4 aromatic rings. The Hall–Kier alpha value is -2.75. The van der Waals surface area contributed by atoms with Crippen LogP contribution in [0.3, 0.4) is 0 Å². The molecule has 0 saturated carbocycles. The average Bonchev–Trinajstić information content (AvgIpc) is 3.39. The van der Waals surface area contributed by atoms with Gasteiger partial charge in [0.25, 0.3) is 0 Å². The first-order valence-corrected chi connectivity index (χ1v) is 11.2. The maximum atomic E-state index is 12.4. The second-order valence-corrected chi connectivity index (χ2v) is 8.76. The molecule has 0 unspecified atom stereocenters. The third-order valence-corrected chi connectivity index (χ3v) is 6.33. The number of rotatable bonds is 6. The Morgan fingerprint density at radius 2 is 1.97 bits per heavy atom. The van der Waals surface area contributed by atoms with Crippen molar-refractivity contribution in [1.29, 1.82) is 0 Å². The van der Waals surface area contributed by atoms with Crippen LogP contribution in [0.4, 0.5) is 5.13 Å². The van der Waals surface area contributed by atoms with E-state index >= 15 is 0 Å². The topological polar surface area (TPSA) is 85.6 Å². The van der Waals surface area contributed by atoms with Crippen molar-refractivity contribution in [3.05, 3.63) is 64.0 Å². The standard InChI is InChI=1S/C20H17ClN6OS2/c1-12-3-8-16(9-13(12)2)27-20(24-25-26-27)30-11-18(28)23-19-22-17(10-29-19)14-4-6-15(21)7-5-14/h3-10H,11H2,1-2H3,(H,22,23,28). The van der Waals surface area contributed by atoms with Gasteiger partial charge in [0, 0.05) is 16.0 Å². The third kappa shape index (κ3) is 4.69. The molecule has 0 atom stereocenters. The number of hydrogen-bond donors (Lipinski definition) is 1. The lowest BCUT2D eigenvalue weighted by Crippen LogP contribution is -2.14. The first-order valence-electron chi connectivity index (χ1n) is 9.00. The Bertz CT molecular complexity index is 1190. The molecule has 0 aliphatic heterocycles. The van der Waals surface area contributed by atoms with E-state index in [1.807, 2.05) is 54.8 Å². The van der Waals surface area contributed by atoms with Gasteiger partial charge < -0.3 is 5.32 Å². The smallest absolute Gasteiger partial charge is 0.236 e. The van der Waals surface area contributed by atoms with Crippen LogP contribution in [0, 0.1) is 13.8 Å². The molecular formula is C20H17ClN6OS2. The number of carbonyl (C=O) groups is 1. The highest BCUT2D eigenvalue weighted by Crippen LogP contribution is 2.26. The highest BCUT2D eigenvalue weighted by Gasteiger charge is 2.13. The number of aryl methyl sites for hydroxylation is 2. The van der Waals surface area contributed by atoms with Crippen LogP contribution in [0.15, 0.2) is 53.0 Å². The second kappa shape index (κ2) is 8.95. The fourth-order valence-corrected chi connectivity index (χ4v) is 4.21. The van der Waals surface area contributed by atoms with Gasteiger partial charge in [-0.05, 0) is 59.7 Å². The molecule has 0 fully saturated rings.